The van der Waals surface area contributed by atoms with Crippen LogP contribution in [0.25, 0.3) is 0 Å². The first-order chi connectivity index (χ1) is 6.17. The first-order valence-electron chi connectivity index (χ1n) is 4.80. The van der Waals surface area contributed by atoms with E-state index in [1.807, 2.05) is 18.2 Å². The van der Waals surface area contributed by atoms with E-state index in [0.717, 1.165) is 18.4 Å². The summed E-state index contributed by atoms with van der Waals surface area (Å²) in [6.45, 7) is 4.15. The van der Waals surface area contributed by atoms with Gasteiger partial charge in [0.05, 0.1) is 0 Å². The van der Waals surface area contributed by atoms with Crippen molar-refractivity contribution in [3.63, 3.8) is 0 Å². The molecule has 0 aliphatic heterocycles. The van der Waals surface area contributed by atoms with Gasteiger partial charge in [0.15, 0.2) is 5.78 Å². The minimum atomic E-state index is -0.135. The van der Waals surface area contributed by atoms with E-state index in [-0.39, 0.29) is 5.41 Å². The molecular formula is C12H14O. The van der Waals surface area contributed by atoms with Crippen LogP contribution in [-0.4, -0.2) is 5.78 Å². The van der Waals surface area contributed by atoms with Gasteiger partial charge in [0.1, 0.15) is 0 Å². The van der Waals surface area contributed by atoms with Gasteiger partial charge in [-0.2, -0.15) is 0 Å². The first kappa shape index (κ1) is 8.49. The molecule has 68 valence electrons. The SMILES string of the molecule is CC[C@]1(C)Cc2ccccc2C1=O. The molecule has 1 aromatic rings. The molecule has 1 aliphatic rings. The molecule has 2 rings (SSSR count). The van der Waals surface area contributed by atoms with Crippen LogP contribution in [0.5, 0.6) is 0 Å². The molecule has 1 nitrogen and oxygen atoms in total. The van der Waals surface area contributed by atoms with Gasteiger partial charge in [-0.1, -0.05) is 38.1 Å². The molecule has 1 heteroatoms. The van der Waals surface area contributed by atoms with Crippen LogP contribution in [0.3, 0.4) is 0 Å². The average Bonchev–Trinajstić information content (AvgIpc) is 2.41. The lowest BCUT2D eigenvalue weighted by Crippen LogP contribution is -2.22. The second kappa shape index (κ2) is 2.69. The Balaban J connectivity index is 2.50. The van der Waals surface area contributed by atoms with Gasteiger partial charge in [0.25, 0.3) is 0 Å². The molecule has 0 heterocycles. The summed E-state index contributed by atoms with van der Waals surface area (Å²) < 4.78 is 0. The molecular weight excluding hydrogens is 160 g/mol. The van der Waals surface area contributed by atoms with Crippen LogP contribution in [0.15, 0.2) is 24.3 Å². The van der Waals surface area contributed by atoms with E-state index < -0.39 is 0 Å². The van der Waals surface area contributed by atoms with Crippen LogP contribution in [-0.2, 0) is 6.42 Å². The highest BCUT2D eigenvalue weighted by atomic mass is 16.1. The molecule has 1 aromatic carbocycles. The van der Waals surface area contributed by atoms with Crippen molar-refractivity contribution in [3.05, 3.63) is 35.4 Å². The maximum Gasteiger partial charge on any atom is 0.169 e. The number of hydrogen-bond acceptors (Lipinski definition) is 1. The fourth-order valence-electron chi connectivity index (χ4n) is 2.01. The summed E-state index contributed by atoms with van der Waals surface area (Å²) in [4.78, 5) is 11.9. The zero-order chi connectivity index (χ0) is 9.47. The molecule has 0 fully saturated rings. The van der Waals surface area contributed by atoms with Gasteiger partial charge in [-0.25, -0.2) is 0 Å². The van der Waals surface area contributed by atoms with E-state index in [9.17, 15) is 4.79 Å². The molecule has 0 aromatic heterocycles. The minimum absolute atomic E-state index is 0.135. The Morgan fingerprint density at radius 3 is 2.69 bits per heavy atom. The van der Waals surface area contributed by atoms with Gasteiger partial charge < -0.3 is 0 Å². The summed E-state index contributed by atoms with van der Waals surface area (Å²) in [6.07, 6.45) is 1.85. The number of benzene rings is 1. The Bertz CT molecular complexity index is 354. The van der Waals surface area contributed by atoms with Crippen LogP contribution in [0.4, 0.5) is 0 Å². The highest BCUT2D eigenvalue weighted by Crippen LogP contribution is 2.38. The largest absolute Gasteiger partial charge is 0.294 e. The van der Waals surface area contributed by atoms with E-state index >= 15 is 0 Å². The Hall–Kier alpha value is -1.11. The van der Waals surface area contributed by atoms with E-state index in [0.29, 0.717) is 5.78 Å². The third-order valence-electron chi connectivity index (χ3n) is 3.17. The van der Waals surface area contributed by atoms with Crippen LogP contribution in [0.1, 0.15) is 36.2 Å². The summed E-state index contributed by atoms with van der Waals surface area (Å²) in [5.74, 6) is 0.325. The van der Waals surface area contributed by atoms with Crippen LogP contribution >= 0.6 is 0 Å². The molecule has 0 saturated heterocycles. The lowest BCUT2D eigenvalue weighted by Gasteiger charge is -2.18. The Morgan fingerprint density at radius 1 is 1.38 bits per heavy atom. The Kier molecular flexibility index (Phi) is 1.76. The lowest BCUT2D eigenvalue weighted by molar-refractivity contribution is 0.0837. The molecule has 0 bridgehead atoms. The van der Waals surface area contributed by atoms with Gasteiger partial charge in [-0.3, -0.25) is 4.79 Å². The normalized spacial score (nSPS) is 26.2. The van der Waals surface area contributed by atoms with E-state index in [1.165, 1.54) is 5.56 Å². The summed E-state index contributed by atoms with van der Waals surface area (Å²) in [6, 6.07) is 7.96. The fraction of sp³-hybridized carbons (Fsp3) is 0.417. The second-order valence-electron chi connectivity index (χ2n) is 4.08. The zero-order valence-electron chi connectivity index (χ0n) is 8.13. The fourth-order valence-corrected chi connectivity index (χ4v) is 2.01. The monoisotopic (exact) mass is 174 g/mol. The van der Waals surface area contributed by atoms with Crippen molar-refractivity contribution >= 4 is 5.78 Å². The number of hydrogen-bond donors (Lipinski definition) is 0. The van der Waals surface area contributed by atoms with Crippen molar-refractivity contribution < 1.29 is 4.79 Å². The summed E-state index contributed by atoms with van der Waals surface area (Å²) in [5.41, 5.74) is 2.02. The predicted octanol–water partition coefficient (Wildman–Crippen LogP) is 2.84. The summed E-state index contributed by atoms with van der Waals surface area (Å²) in [5, 5.41) is 0. The quantitative estimate of drug-likeness (QED) is 0.639. The highest BCUT2D eigenvalue weighted by Gasteiger charge is 2.39. The van der Waals surface area contributed by atoms with Gasteiger partial charge >= 0.3 is 0 Å². The predicted molar refractivity (Wildman–Crippen MR) is 52.9 cm³/mol. The maximum absolute atomic E-state index is 11.9. The van der Waals surface area contributed by atoms with Gasteiger partial charge in [0.2, 0.25) is 0 Å². The number of ketones is 1. The summed E-state index contributed by atoms with van der Waals surface area (Å²) >= 11 is 0. The van der Waals surface area contributed by atoms with Crippen molar-refractivity contribution in [2.45, 2.75) is 26.7 Å². The van der Waals surface area contributed by atoms with Gasteiger partial charge in [-0.15, -0.1) is 0 Å². The van der Waals surface area contributed by atoms with Gasteiger partial charge in [0, 0.05) is 11.0 Å². The third-order valence-corrected chi connectivity index (χ3v) is 3.17. The Morgan fingerprint density at radius 2 is 2.08 bits per heavy atom. The molecule has 13 heavy (non-hydrogen) atoms. The zero-order valence-corrected chi connectivity index (χ0v) is 8.13. The number of Topliss-reactive ketones (excluding diaryl/α,β-unsaturated/α-hetero) is 1. The molecule has 0 spiro atoms. The molecule has 1 atom stereocenters. The van der Waals surface area contributed by atoms with E-state index in [1.54, 1.807) is 0 Å². The Labute approximate surface area is 78.8 Å². The number of fused-ring (bicyclic) bond motifs is 1. The average molecular weight is 174 g/mol. The summed E-state index contributed by atoms with van der Waals surface area (Å²) in [7, 11) is 0. The smallest absolute Gasteiger partial charge is 0.169 e. The standard InChI is InChI=1S/C12H14O/c1-3-12(2)8-9-6-4-5-7-10(9)11(12)13/h4-7H,3,8H2,1-2H3/t12-/m1/s1. The van der Waals surface area contributed by atoms with Crippen LogP contribution in [0, 0.1) is 5.41 Å². The topological polar surface area (TPSA) is 17.1 Å². The second-order valence-corrected chi connectivity index (χ2v) is 4.08. The molecule has 0 saturated carbocycles. The number of carbonyl (C=O) groups is 1. The van der Waals surface area contributed by atoms with Crippen molar-refractivity contribution in [3.8, 4) is 0 Å². The van der Waals surface area contributed by atoms with Crippen molar-refractivity contribution in [1.29, 1.82) is 0 Å². The van der Waals surface area contributed by atoms with Crippen molar-refractivity contribution in [2.75, 3.05) is 0 Å². The van der Waals surface area contributed by atoms with Crippen LogP contribution < -0.4 is 0 Å². The van der Waals surface area contributed by atoms with E-state index in [2.05, 4.69) is 19.9 Å². The molecule has 0 radical (unpaired) electrons. The minimum Gasteiger partial charge on any atom is -0.294 e. The van der Waals surface area contributed by atoms with Crippen molar-refractivity contribution in [1.82, 2.24) is 0 Å². The molecule has 0 N–H and O–H groups in total. The molecule has 0 amide bonds. The highest BCUT2D eigenvalue weighted by molar-refractivity contribution is 6.04. The number of rotatable bonds is 1. The maximum atomic E-state index is 11.9. The van der Waals surface area contributed by atoms with Crippen molar-refractivity contribution in [2.24, 2.45) is 5.41 Å². The first-order valence-corrected chi connectivity index (χ1v) is 4.80. The van der Waals surface area contributed by atoms with E-state index in [4.69, 9.17) is 0 Å². The molecule has 1 aliphatic carbocycles. The van der Waals surface area contributed by atoms with Gasteiger partial charge in [-0.05, 0) is 18.4 Å². The third kappa shape index (κ3) is 1.11. The molecule has 0 unspecified atom stereocenters. The lowest BCUT2D eigenvalue weighted by atomic mass is 9.83. The van der Waals surface area contributed by atoms with Crippen LogP contribution in [0.2, 0.25) is 0 Å². The number of carbonyl (C=O) groups excluding carboxylic acids is 1.